The number of hydrogen-bond acceptors (Lipinski definition) is 3. The van der Waals surface area contributed by atoms with E-state index in [0.717, 1.165) is 66.6 Å². The maximum Gasteiger partial charge on any atom is 0.220 e. The van der Waals surface area contributed by atoms with E-state index >= 15 is 0 Å². The summed E-state index contributed by atoms with van der Waals surface area (Å²) in [6.07, 6.45) is 0. The topological polar surface area (TPSA) is 59.2 Å². The van der Waals surface area contributed by atoms with E-state index in [0.29, 0.717) is 5.56 Å². The number of rotatable bonds is 2. The monoisotopic (exact) mass is 474 g/mol. The number of nitriles is 1. The van der Waals surface area contributed by atoms with Crippen molar-refractivity contribution in [2.24, 2.45) is 0 Å². The van der Waals surface area contributed by atoms with Gasteiger partial charge in [0.05, 0.1) is 33.3 Å². The predicted octanol–water partition coefficient (Wildman–Crippen LogP) is 7.87. The molecule has 5 heteroatoms. The van der Waals surface area contributed by atoms with Crippen LogP contribution in [0.3, 0.4) is 0 Å². The van der Waals surface area contributed by atoms with Crippen molar-refractivity contribution in [3.8, 4) is 22.9 Å². The first kappa shape index (κ1) is 19.9. The number of hydrogen-bond donors (Lipinski definition) is 0. The molecule has 0 N–H and O–H groups in total. The first-order valence-electron chi connectivity index (χ1n) is 12.1. The summed E-state index contributed by atoms with van der Waals surface area (Å²) in [6, 6.07) is 39.0. The highest BCUT2D eigenvalue weighted by Crippen LogP contribution is 2.38. The lowest BCUT2D eigenvalue weighted by molar-refractivity contribution is 0.669. The van der Waals surface area contributed by atoms with Crippen LogP contribution in [0.25, 0.3) is 66.6 Å². The molecule has 0 bridgehead atoms. The van der Waals surface area contributed by atoms with Crippen molar-refractivity contribution in [1.29, 1.82) is 5.26 Å². The fourth-order valence-electron chi connectivity index (χ4n) is 5.57. The van der Waals surface area contributed by atoms with E-state index in [4.69, 9.17) is 9.40 Å². The molecule has 172 valence electrons. The summed E-state index contributed by atoms with van der Waals surface area (Å²) < 4.78 is 10.4. The number of imidazole rings is 2. The van der Waals surface area contributed by atoms with E-state index in [2.05, 4.69) is 57.5 Å². The van der Waals surface area contributed by atoms with Crippen LogP contribution in [-0.4, -0.2) is 14.0 Å². The minimum absolute atomic E-state index is 0.588. The van der Waals surface area contributed by atoms with Crippen LogP contribution in [0.5, 0.6) is 0 Å². The van der Waals surface area contributed by atoms with Crippen LogP contribution in [0.4, 0.5) is 0 Å². The Morgan fingerprint density at radius 3 is 2.32 bits per heavy atom. The van der Waals surface area contributed by atoms with Gasteiger partial charge in [-0.15, -0.1) is 0 Å². The van der Waals surface area contributed by atoms with Gasteiger partial charge in [-0.25, -0.2) is 4.98 Å². The molecule has 0 atom stereocenters. The second kappa shape index (κ2) is 7.33. The molecule has 5 aromatic carbocycles. The Morgan fingerprint density at radius 2 is 1.43 bits per heavy atom. The second-order valence-electron chi connectivity index (χ2n) is 9.18. The van der Waals surface area contributed by atoms with Crippen LogP contribution in [0, 0.1) is 11.3 Å². The van der Waals surface area contributed by atoms with E-state index in [1.807, 2.05) is 66.7 Å². The smallest absolute Gasteiger partial charge is 0.220 e. The van der Waals surface area contributed by atoms with E-state index < -0.39 is 0 Å². The summed E-state index contributed by atoms with van der Waals surface area (Å²) in [4.78, 5) is 5.02. The zero-order chi connectivity index (χ0) is 24.5. The Kier molecular flexibility index (Phi) is 3.94. The molecule has 0 fully saturated rings. The van der Waals surface area contributed by atoms with E-state index in [1.165, 1.54) is 0 Å². The second-order valence-corrected chi connectivity index (χ2v) is 9.18. The van der Waals surface area contributed by atoms with Gasteiger partial charge in [0, 0.05) is 16.3 Å². The highest BCUT2D eigenvalue weighted by molar-refractivity contribution is 6.06. The molecule has 0 saturated carbocycles. The standard InChI is InChI=1S/C32H18N4O/c33-19-21-8-7-10-22(20-16-17-30-24(18-20)23-9-1-6-15-29(23)37-30)31(21)36-28-14-5-4-13-27(28)35-26-12-3-2-11-25(26)34-32(35)36/h1-18H. The van der Waals surface area contributed by atoms with Crippen molar-refractivity contribution in [3.63, 3.8) is 0 Å². The van der Waals surface area contributed by atoms with Gasteiger partial charge in [0.25, 0.3) is 0 Å². The Morgan fingerprint density at radius 1 is 0.676 bits per heavy atom. The fraction of sp³-hybridized carbons (Fsp3) is 0. The third-order valence-electron chi connectivity index (χ3n) is 7.17. The van der Waals surface area contributed by atoms with E-state index in [9.17, 15) is 5.26 Å². The minimum atomic E-state index is 0.588. The molecule has 5 nitrogen and oxygen atoms in total. The molecule has 0 aliphatic heterocycles. The van der Waals surface area contributed by atoms with Crippen LogP contribution >= 0.6 is 0 Å². The molecule has 0 radical (unpaired) electrons. The van der Waals surface area contributed by atoms with Gasteiger partial charge in [-0.1, -0.05) is 60.7 Å². The summed E-state index contributed by atoms with van der Waals surface area (Å²) >= 11 is 0. The molecular weight excluding hydrogens is 456 g/mol. The van der Waals surface area contributed by atoms with Crippen molar-refractivity contribution < 1.29 is 4.42 Å². The fourth-order valence-corrected chi connectivity index (χ4v) is 5.57. The van der Waals surface area contributed by atoms with Gasteiger partial charge in [-0.05, 0) is 54.1 Å². The van der Waals surface area contributed by atoms with Gasteiger partial charge in [0.2, 0.25) is 5.78 Å². The largest absolute Gasteiger partial charge is 0.456 e. The highest BCUT2D eigenvalue weighted by atomic mass is 16.3. The van der Waals surface area contributed by atoms with Crippen molar-refractivity contribution in [1.82, 2.24) is 14.0 Å². The number of aromatic nitrogens is 3. The van der Waals surface area contributed by atoms with Gasteiger partial charge in [0.1, 0.15) is 17.2 Å². The first-order chi connectivity index (χ1) is 18.3. The Hall–Kier alpha value is -5.34. The van der Waals surface area contributed by atoms with Crippen molar-refractivity contribution in [2.75, 3.05) is 0 Å². The number of nitrogens with zero attached hydrogens (tertiary/aromatic N) is 4. The summed E-state index contributed by atoms with van der Waals surface area (Å²) in [6.45, 7) is 0. The van der Waals surface area contributed by atoms with Crippen molar-refractivity contribution in [2.45, 2.75) is 0 Å². The third kappa shape index (κ3) is 2.70. The predicted molar refractivity (Wildman–Crippen MR) is 147 cm³/mol. The van der Waals surface area contributed by atoms with Crippen LogP contribution in [0.15, 0.2) is 114 Å². The Labute approximate surface area is 211 Å². The highest BCUT2D eigenvalue weighted by Gasteiger charge is 2.22. The number of para-hydroxylation sites is 6. The molecule has 8 rings (SSSR count). The summed E-state index contributed by atoms with van der Waals surface area (Å²) in [5.41, 5.74) is 9.08. The Bertz CT molecular complexity index is 2220. The van der Waals surface area contributed by atoms with Gasteiger partial charge >= 0.3 is 0 Å². The van der Waals surface area contributed by atoms with Crippen LogP contribution in [0.2, 0.25) is 0 Å². The summed E-state index contributed by atoms with van der Waals surface area (Å²) in [7, 11) is 0. The molecule has 0 saturated heterocycles. The lowest BCUT2D eigenvalue weighted by Gasteiger charge is -2.14. The zero-order valence-corrected chi connectivity index (χ0v) is 19.6. The first-order valence-corrected chi connectivity index (χ1v) is 12.1. The zero-order valence-electron chi connectivity index (χ0n) is 19.6. The third-order valence-corrected chi connectivity index (χ3v) is 7.17. The molecule has 3 heterocycles. The number of benzene rings is 5. The van der Waals surface area contributed by atoms with Crippen LogP contribution in [0.1, 0.15) is 5.56 Å². The quantitative estimate of drug-likeness (QED) is 0.256. The minimum Gasteiger partial charge on any atom is -0.456 e. The SMILES string of the molecule is N#Cc1cccc(-c2ccc3oc4ccccc4c3c2)c1-n1c2ccccc2n2c3ccccc3nc12. The summed E-state index contributed by atoms with van der Waals surface area (Å²) in [5, 5.41) is 12.4. The molecular formula is C32H18N4O. The van der Waals surface area contributed by atoms with Gasteiger partial charge < -0.3 is 4.42 Å². The molecule has 0 unspecified atom stereocenters. The molecule has 8 aromatic rings. The molecule has 0 spiro atoms. The molecule has 0 aliphatic carbocycles. The maximum absolute atomic E-state index is 10.2. The molecule has 0 aliphatic rings. The van der Waals surface area contributed by atoms with Gasteiger partial charge in [-0.2, -0.15) is 5.26 Å². The van der Waals surface area contributed by atoms with Gasteiger partial charge in [0.15, 0.2) is 0 Å². The Balaban J connectivity index is 1.51. The lowest BCUT2D eigenvalue weighted by atomic mass is 9.98. The maximum atomic E-state index is 10.2. The molecule has 0 amide bonds. The molecule has 3 aromatic heterocycles. The number of fused-ring (bicyclic) bond motifs is 8. The normalized spacial score (nSPS) is 11.8. The number of furan rings is 1. The molecule has 37 heavy (non-hydrogen) atoms. The van der Waals surface area contributed by atoms with Crippen LogP contribution < -0.4 is 0 Å². The average Bonchev–Trinajstić information content (AvgIpc) is 3.61. The van der Waals surface area contributed by atoms with E-state index in [1.54, 1.807) is 0 Å². The van der Waals surface area contributed by atoms with Crippen LogP contribution in [-0.2, 0) is 0 Å². The van der Waals surface area contributed by atoms with Gasteiger partial charge in [-0.3, -0.25) is 8.97 Å². The van der Waals surface area contributed by atoms with Crippen molar-refractivity contribution >= 4 is 49.8 Å². The summed E-state index contributed by atoms with van der Waals surface area (Å²) in [5.74, 6) is 0.779. The average molecular weight is 475 g/mol. The van der Waals surface area contributed by atoms with Crippen molar-refractivity contribution in [3.05, 3.63) is 115 Å². The van der Waals surface area contributed by atoms with E-state index in [-0.39, 0.29) is 0 Å². The lowest BCUT2D eigenvalue weighted by Crippen LogP contribution is -2.01.